The molecule has 1 rings (SSSR count). The summed E-state index contributed by atoms with van der Waals surface area (Å²) in [5.41, 5.74) is 10.6. The monoisotopic (exact) mass is 142 g/mol. The second-order valence-corrected chi connectivity index (χ2v) is 2.03. The Balaban J connectivity index is 2.81. The molecule has 0 aromatic rings. The lowest BCUT2D eigenvalue weighted by molar-refractivity contribution is 1.33. The summed E-state index contributed by atoms with van der Waals surface area (Å²) in [5, 5.41) is 0.219. The Morgan fingerprint density at radius 3 is 2.00 bits per heavy atom. The SMILES string of the molecule is NC1=NC(=S)N=C(N)C1. The molecule has 0 saturated carbocycles. The Bertz CT molecular complexity index is 185. The average molecular weight is 142 g/mol. The van der Waals surface area contributed by atoms with Crippen LogP contribution in [-0.4, -0.2) is 16.8 Å². The van der Waals surface area contributed by atoms with E-state index in [-0.39, 0.29) is 5.11 Å². The molecular formula is C4H6N4S. The van der Waals surface area contributed by atoms with E-state index in [4.69, 9.17) is 11.5 Å². The highest BCUT2D eigenvalue weighted by Gasteiger charge is 2.05. The van der Waals surface area contributed by atoms with Gasteiger partial charge in [0.15, 0.2) is 0 Å². The largest absolute Gasteiger partial charge is 0.387 e. The van der Waals surface area contributed by atoms with Gasteiger partial charge in [-0.2, -0.15) is 0 Å². The zero-order valence-electron chi connectivity index (χ0n) is 4.66. The highest BCUT2D eigenvalue weighted by molar-refractivity contribution is 7.80. The van der Waals surface area contributed by atoms with Crippen molar-refractivity contribution in [1.29, 1.82) is 0 Å². The third-order valence-corrected chi connectivity index (χ3v) is 1.02. The molecule has 1 heterocycles. The quantitative estimate of drug-likeness (QED) is 0.443. The summed E-state index contributed by atoms with van der Waals surface area (Å²) in [4.78, 5) is 7.38. The van der Waals surface area contributed by atoms with Gasteiger partial charge in [-0.25, -0.2) is 9.98 Å². The van der Waals surface area contributed by atoms with Crippen LogP contribution in [0.5, 0.6) is 0 Å². The third-order valence-electron chi connectivity index (χ3n) is 0.841. The summed E-state index contributed by atoms with van der Waals surface area (Å²) in [6.45, 7) is 0. The average Bonchev–Trinajstić information content (AvgIpc) is 1.59. The van der Waals surface area contributed by atoms with Gasteiger partial charge in [0.2, 0.25) is 5.11 Å². The number of nitrogens with two attached hydrogens (primary N) is 2. The fourth-order valence-electron chi connectivity index (χ4n) is 0.535. The minimum Gasteiger partial charge on any atom is -0.387 e. The van der Waals surface area contributed by atoms with Crippen molar-refractivity contribution in [2.75, 3.05) is 0 Å². The van der Waals surface area contributed by atoms with E-state index in [0.29, 0.717) is 18.1 Å². The number of hydrogen-bond donors (Lipinski definition) is 2. The Hall–Kier alpha value is -0.970. The molecule has 0 aliphatic carbocycles. The molecule has 5 heteroatoms. The molecule has 48 valence electrons. The predicted octanol–water partition coefficient (Wildman–Crippen LogP) is -0.611. The minimum absolute atomic E-state index is 0.219. The van der Waals surface area contributed by atoms with Crippen LogP contribution in [0.3, 0.4) is 0 Å². The first-order chi connectivity index (χ1) is 4.18. The fourth-order valence-corrected chi connectivity index (χ4v) is 0.770. The number of hydrogen-bond acceptors (Lipinski definition) is 3. The predicted molar refractivity (Wildman–Crippen MR) is 40.5 cm³/mol. The molecule has 0 unspecified atom stereocenters. The number of nitrogens with zero attached hydrogens (tertiary/aromatic N) is 2. The summed E-state index contributed by atoms with van der Waals surface area (Å²) in [7, 11) is 0. The van der Waals surface area contributed by atoms with Crippen LogP contribution in [0.2, 0.25) is 0 Å². The molecular weight excluding hydrogens is 136 g/mol. The summed E-state index contributed by atoms with van der Waals surface area (Å²) in [5.74, 6) is 0.875. The first-order valence-electron chi connectivity index (χ1n) is 2.38. The van der Waals surface area contributed by atoms with Crippen LogP contribution in [0.4, 0.5) is 0 Å². The Morgan fingerprint density at radius 1 is 1.22 bits per heavy atom. The van der Waals surface area contributed by atoms with Crippen molar-refractivity contribution in [3.63, 3.8) is 0 Å². The van der Waals surface area contributed by atoms with E-state index in [1.807, 2.05) is 0 Å². The van der Waals surface area contributed by atoms with Crippen LogP contribution in [0, 0.1) is 0 Å². The Morgan fingerprint density at radius 2 is 1.67 bits per heavy atom. The number of thiocarbonyl (C=S) groups is 1. The van der Waals surface area contributed by atoms with Crippen molar-refractivity contribution in [3.8, 4) is 0 Å². The summed E-state index contributed by atoms with van der Waals surface area (Å²) >= 11 is 4.62. The van der Waals surface area contributed by atoms with Gasteiger partial charge in [0.05, 0.1) is 6.42 Å². The van der Waals surface area contributed by atoms with Crippen LogP contribution in [0.15, 0.2) is 9.98 Å². The molecule has 0 radical (unpaired) electrons. The van der Waals surface area contributed by atoms with E-state index in [2.05, 4.69) is 22.2 Å². The highest BCUT2D eigenvalue weighted by Crippen LogP contribution is 1.94. The van der Waals surface area contributed by atoms with Gasteiger partial charge in [-0.3, -0.25) is 0 Å². The molecule has 0 atom stereocenters. The second kappa shape index (κ2) is 2.10. The summed E-state index contributed by atoms with van der Waals surface area (Å²) in [6.07, 6.45) is 0.431. The second-order valence-electron chi connectivity index (χ2n) is 1.67. The zero-order chi connectivity index (χ0) is 6.85. The first kappa shape index (κ1) is 6.15. The van der Waals surface area contributed by atoms with Gasteiger partial charge >= 0.3 is 0 Å². The third kappa shape index (κ3) is 1.46. The van der Waals surface area contributed by atoms with Gasteiger partial charge in [0, 0.05) is 0 Å². The van der Waals surface area contributed by atoms with E-state index in [1.165, 1.54) is 0 Å². The lowest BCUT2D eigenvalue weighted by Gasteiger charge is -2.04. The van der Waals surface area contributed by atoms with E-state index >= 15 is 0 Å². The van der Waals surface area contributed by atoms with Crippen LogP contribution < -0.4 is 11.5 Å². The van der Waals surface area contributed by atoms with E-state index < -0.39 is 0 Å². The standard InChI is InChI=1S/C4H6N4S/c5-2-1-3(6)8-4(9)7-2/h1H2,(H4,5,6,7,8,9). The van der Waals surface area contributed by atoms with Crippen molar-refractivity contribution in [2.24, 2.45) is 21.5 Å². The lowest BCUT2D eigenvalue weighted by Crippen LogP contribution is -2.27. The molecule has 0 aromatic heterocycles. The normalized spacial score (nSPS) is 18.9. The Labute approximate surface area is 57.7 Å². The van der Waals surface area contributed by atoms with Gasteiger partial charge < -0.3 is 11.5 Å². The zero-order valence-corrected chi connectivity index (χ0v) is 5.48. The number of rotatable bonds is 0. The fraction of sp³-hybridized carbons (Fsp3) is 0.250. The van der Waals surface area contributed by atoms with Crippen LogP contribution in [0.1, 0.15) is 6.42 Å². The molecule has 0 spiro atoms. The number of aliphatic imine (C=N–C) groups is 2. The number of amidine groups is 2. The molecule has 1 aliphatic rings. The van der Waals surface area contributed by atoms with Gasteiger partial charge in [-0.1, -0.05) is 0 Å². The van der Waals surface area contributed by atoms with Crippen LogP contribution in [-0.2, 0) is 0 Å². The van der Waals surface area contributed by atoms with E-state index in [0.717, 1.165) is 0 Å². The van der Waals surface area contributed by atoms with Crippen LogP contribution >= 0.6 is 12.2 Å². The van der Waals surface area contributed by atoms with Crippen molar-refractivity contribution < 1.29 is 0 Å². The first-order valence-corrected chi connectivity index (χ1v) is 2.79. The van der Waals surface area contributed by atoms with Crippen molar-refractivity contribution in [1.82, 2.24) is 0 Å². The molecule has 4 N–H and O–H groups in total. The maximum absolute atomic E-state index is 5.32. The smallest absolute Gasteiger partial charge is 0.222 e. The lowest BCUT2D eigenvalue weighted by atomic mass is 10.3. The summed E-state index contributed by atoms with van der Waals surface area (Å²) in [6, 6.07) is 0. The van der Waals surface area contributed by atoms with Crippen LogP contribution in [0.25, 0.3) is 0 Å². The molecule has 4 nitrogen and oxygen atoms in total. The molecule has 0 fully saturated rings. The molecule has 1 aliphatic heterocycles. The van der Waals surface area contributed by atoms with Gasteiger partial charge in [-0.05, 0) is 12.2 Å². The summed E-state index contributed by atoms with van der Waals surface area (Å²) < 4.78 is 0. The van der Waals surface area contributed by atoms with Crippen molar-refractivity contribution in [3.05, 3.63) is 0 Å². The Kier molecular flexibility index (Phi) is 1.44. The topological polar surface area (TPSA) is 76.8 Å². The van der Waals surface area contributed by atoms with Gasteiger partial charge in [-0.15, -0.1) is 0 Å². The van der Waals surface area contributed by atoms with Crippen molar-refractivity contribution in [2.45, 2.75) is 6.42 Å². The molecule has 0 saturated heterocycles. The highest BCUT2D eigenvalue weighted by atomic mass is 32.1. The molecule has 0 amide bonds. The van der Waals surface area contributed by atoms with Gasteiger partial charge in [0.1, 0.15) is 11.7 Å². The molecule has 0 aromatic carbocycles. The maximum atomic E-state index is 5.32. The van der Waals surface area contributed by atoms with E-state index in [9.17, 15) is 0 Å². The molecule has 0 bridgehead atoms. The van der Waals surface area contributed by atoms with Crippen molar-refractivity contribution >= 4 is 29.0 Å². The molecule has 9 heavy (non-hydrogen) atoms. The minimum atomic E-state index is 0.219. The van der Waals surface area contributed by atoms with Gasteiger partial charge in [0.25, 0.3) is 0 Å². The maximum Gasteiger partial charge on any atom is 0.222 e. The van der Waals surface area contributed by atoms with E-state index in [1.54, 1.807) is 0 Å².